The van der Waals surface area contributed by atoms with Gasteiger partial charge in [-0.15, -0.1) is 0 Å². The summed E-state index contributed by atoms with van der Waals surface area (Å²) in [6, 6.07) is 1.76. The summed E-state index contributed by atoms with van der Waals surface area (Å²) in [5.74, 6) is -1.19. The SMILES string of the molecule is CC(C)CN(CC(N)=O)C(=O)c1ccc(C(F)(F)F)nc1. The lowest BCUT2D eigenvalue weighted by molar-refractivity contribution is -0.141. The lowest BCUT2D eigenvalue weighted by Gasteiger charge is -2.23. The summed E-state index contributed by atoms with van der Waals surface area (Å²) in [5, 5.41) is 0. The van der Waals surface area contributed by atoms with Gasteiger partial charge in [0, 0.05) is 12.7 Å². The van der Waals surface area contributed by atoms with Crippen molar-refractivity contribution in [3.63, 3.8) is 0 Å². The molecule has 21 heavy (non-hydrogen) atoms. The van der Waals surface area contributed by atoms with Gasteiger partial charge in [0.25, 0.3) is 5.91 Å². The van der Waals surface area contributed by atoms with Crippen LogP contribution in [0.25, 0.3) is 0 Å². The van der Waals surface area contributed by atoms with Gasteiger partial charge in [-0.25, -0.2) is 0 Å². The van der Waals surface area contributed by atoms with Crippen molar-refractivity contribution < 1.29 is 22.8 Å². The fraction of sp³-hybridized carbons (Fsp3) is 0.462. The molecular formula is C13H16F3N3O2. The van der Waals surface area contributed by atoms with E-state index in [1.165, 1.54) is 4.90 Å². The van der Waals surface area contributed by atoms with Gasteiger partial charge in [-0.3, -0.25) is 14.6 Å². The molecule has 0 spiro atoms. The van der Waals surface area contributed by atoms with Crippen LogP contribution < -0.4 is 5.73 Å². The third kappa shape index (κ3) is 5.05. The second kappa shape index (κ2) is 6.55. The molecule has 116 valence electrons. The monoisotopic (exact) mass is 303 g/mol. The molecule has 0 aliphatic heterocycles. The summed E-state index contributed by atoms with van der Waals surface area (Å²) >= 11 is 0. The van der Waals surface area contributed by atoms with E-state index in [0.717, 1.165) is 18.3 Å². The number of primary amides is 1. The highest BCUT2D eigenvalue weighted by Crippen LogP contribution is 2.27. The largest absolute Gasteiger partial charge is 0.433 e. The summed E-state index contributed by atoms with van der Waals surface area (Å²) in [6.07, 6.45) is -3.72. The van der Waals surface area contributed by atoms with Crippen molar-refractivity contribution in [2.75, 3.05) is 13.1 Å². The number of alkyl halides is 3. The third-order valence-electron chi connectivity index (χ3n) is 2.52. The van der Waals surface area contributed by atoms with E-state index in [9.17, 15) is 22.8 Å². The van der Waals surface area contributed by atoms with Gasteiger partial charge in [0.15, 0.2) is 0 Å². The third-order valence-corrected chi connectivity index (χ3v) is 2.52. The van der Waals surface area contributed by atoms with E-state index in [0.29, 0.717) is 0 Å². The van der Waals surface area contributed by atoms with E-state index in [-0.39, 0.29) is 24.6 Å². The number of aromatic nitrogens is 1. The Bertz CT molecular complexity index is 512. The van der Waals surface area contributed by atoms with Crippen molar-refractivity contribution in [3.05, 3.63) is 29.6 Å². The Labute approximate surface area is 119 Å². The summed E-state index contributed by atoms with van der Waals surface area (Å²) < 4.78 is 37.2. The fourth-order valence-corrected chi connectivity index (χ4v) is 1.72. The second-order valence-corrected chi connectivity index (χ2v) is 4.98. The summed E-state index contributed by atoms with van der Waals surface area (Å²) in [5.41, 5.74) is 3.97. The van der Waals surface area contributed by atoms with Crippen LogP contribution in [0.2, 0.25) is 0 Å². The van der Waals surface area contributed by atoms with Crippen LogP contribution in [0, 0.1) is 5.92 Å². The standard InChI is InChI=1S/C13H16F3N3O2/c1-8(2)6-19(7-11(17)20)12(21)9-3-4-10(18-5-9)13(14,15)16/h3-5,8H,6-7H2,1-2H3,(H2,17,20). The first-order valence-electron chi connectivity index (χ1n) is 6.22. The van der Waals surface area contributed by atoms with Crippen molar-refractivity contribution in [1.29, 1.82) is 0 Å². The number of hydrogen-bond donors (Lipinski definition) is 1. The van der Waals surface area contributed by atoms with Crippen LogP contribution >= 0.6 is 0 Å². The number of nitrogens with zero attached hydrogens (tertiary/aromatic N) is 2. The highest BCUT2D eigenvalue weighted by molar-refractivity contribution is 5.96. The Morgan fingerprint density at radius 2 is 1.95 bits per heavy atom. The number of pyridine rings is 1. The summed E-state index contributed by atoms with van der Waals surface area (Å²) in [4.78, 5) is 27.6. The minimum Gasteiger partial charge on any atom is -0.368 e. The zero-order valence-electron chi connectivity index (χ0n) is 11.6. The Balaban J connectivity index is 2.95. The topological polar surface area (TPSA) is 76.3 Å². The summed E-state index contributed by atoms with van der Waals surface area (Å²) in [7, 11) is 0. The molecule has 2 amide bonds. The van der Waals surface area contributed by atoms with Gasteiger partial charge in [-0.2, -0.15) is 13.2 Å². The molecule has 0 saturated carbocycles. The minimum absolute atomic E-state index is 0.0232. The zero-order valence-corrected chi connectivity index (χ0v) is 11.6. The van der Waals surface area contributed by atoms with E-state index in [1.54, 1.807) is 0 Å². The molecule has 0 fully saturated rings. The number of halogens is 3. The molecule has 0 radical (unpaired) electrons. The first-order chi connectivity index (χ1) is 9.61. The predicted molar refractivity (Wildman–Crippen MR) is 69.2 cm³/mol. The maximum atomic E-state index is 12.4. The van der Waals surface area contributed by atoms with Gasteiger partial charge in [-0.05, 0) is 18.1 Å². The van der Waals surface area contributed by atoms with Gasteiger partial charge in [0.05, 0.1) is 12.1 Å². The molecule has 2 N–H and O–H groups in total. The molecule has 1 heterocycles. The van der Waals surface area contributed by atoms with Crippen LogP contribution in [0.5, 0.6) is 0 Å². The van der Waals surface area contributed by atoms with Crippen LogP contribution in [-0.4, -0.2) is 34.8 Å². The van der Waals surface area contributed by atoms with Crippen LogP contribution in [0.3, 0.4) is 0 Å². The molecule has 5 nitrogen and oxygen atoms in total. The van der Waals surface area contributed by atoms with Crippen molar-refractivity contribution in [2.24, 2.45) is 11.7 Å². The van der Waals surface area contributed by atoms with E-state index in [4.69, 9.17) is 5.73 Å². The first kappa shape index (κ1) is 16.9. The lowest BCUT2D eigenvalue weighted by atomic mass is 10.1. The van der Waals surface area contributed by atoms with E-state index in [1.807, 2.05) is 13.8 Å². The Morgan fingerprint density at radius 3 is 2.33 bits per heavy atom. The Kier molecular flexibility index (Phi) is 5.28. The average Bonchev–Trinajstić information content (AvgIpc) is 2.35. The van der Waals surface area contributed by atoms with E-state index in [2.05, 4.69) is 4.98 Å². The number of carbonyl (C=O) groups is 2. The Morgan fingerprint density at radius 1 is 1.33 bits per heavy atom. The van der Waals surface area contributed by atoms with Crippen molar-refractivity contribution in [1.82, 2.24) is 9.88 Å². The molecule has 0 aromatic carbocycles. The van der Waals surface area contributed by atoms with Crippen molar-refractivity contribution >= 4 is 11.8 Å². The highest BCUT2D eigenvalue weighted by atomic mass is 19.4. The van der Waals surface area contributed by atoms with Crippen LogP contribution in [0.4, 0.5) is 13.2 Å². The number of carbonyl (C=O) groups excluding carboxylic acids is 2. The summed E-state index contributed by atoms with van der Waals surface area (Å²) in [6.45, 7) is 3.65. The van der Waals surface area contributed by atoms with Gasteiger partial charge in [0.2, 0.25) is 5.91 Å². The quantitative estimate of drug-likeness (QED) is 0.899. The normalized spacial score (nSPS) is 11.5. The van der Waals surface area contributed by atoms with Gasteiger partial charge >= 0.3 is 6.18 Å². The Hall–Kier alpha value is -2.12. The fourth-order valence-electron chi connectivity index (χ4n) is 1.72. The number of rotatable bonds is 5. The number of amides is 2. The molecule has 0 atom stereocenters. The van der Waals surface area contributed by atoms with Gasteiger partial charge < -0.3 is 10.6 Å². The second-order valence-electron chi connectivity index (χ2n) is 4.98. The predicted octanol–water partition coefficient (Wildman–Crippen LogP) is 1.68. The molecule has 1 rings (SSSR count). The van der Waals surface area contributed by atoms with Crippen LogP contribution in [0.15, 0.2) is 18.3 Å². The van der Waals surface area contributed by atoms with Gasteiger partial charge in [0.1, 0.15) is 5.69 Å². The maximum absolute atomic E-state index is 12.4. The smallest absolute Gasteiger partial charge is 0.368 e. The molecule has 0 aliphatic carbocycles. The number of nitrogens with two attached hydrogens (primary N) is 1. The molecular weight excluding hydrogens is 287 g/mol. The molecule has 1 aromatic rings. The van der Waals surface area contributed by atoms with E-state index < -0.39 is 23.7 Å². The lowest BCUT2D eigenvalue weighted by Crippen LogP contribution is -2.40. The van der Waals surface area contributed by atoms with Gasteiger partial charge in [-0.1, -0.05) is 13.8 Å². The minimum atomic E-state index is -4.56. The van der Waals surface area contributed by atoms with Crippen molar-refractivity contribution in [3.8, 4) is 0 Å². The van der Waals surface area contributed by atoms with E-state index >= 15 is 0 Å². The van der Waals surface area contributed by atoms with Crippen LogP contribution in [0.1, 0.15) is 29.9 Å². The number of hydrogen-bond acceptors (Lipinski definition) is 3. The molecule has 0 bridgehead atoms. The van der Waals surface area contributed by atoms with Crippen LogP contribution in [-0.2, 0) is 11.0 Å². The molecule has 0 saturated heterocycles. The highest BCUT2D eigenvalue weighted by Gasteiger charge is 2.32. The first-order valence-corrected chi connectivity index (χ1v) is 6.22. The van der Waals surface area contributed by atoms with Crippen molar-refractivity contribution in [2.45, 2.75) is 20.0 Å². The molecule has 8 heteroatoms. The molecule has 1 aromatic heterocycles. The molecule has 0 unspecified atom stereocenters. The maximum Gasteiger partial charge on any atom is 0.433 e. The molecule has 0 aliphatic rings. The zero-order chi connectivity index (χ0) is 16.2. The average molecular weight is 303 g/mol.